The summed E-state index contributed by atoms with van der Waals surface area (Å²) >= 11 is 1.72. The first-order chi connectivity index (χ1) is 11.7. The molecule has 1 saturated heterocycles. The molecule has 1 aromatic heterocycles. The largest absolute Gasteiger partial charge is 0.485 e. The number of benzene rings is 1. The molecular formula is C18H21N3O2S. The monoisotopic (exact) mass is 343 g/mol. The molecule has 4 rings (SSSR count). The highest BCUT2D eigenvalue weighted by Gasteiger charge is 2.39. The number of amides is 1. The van der Waals surface area contributed by atoms with E-state index in [4.69, 9.17) is 4.74 Å². The maximum absolute atomic E-state index is 12.2. The van der Waals surface area contributed by atoms with E-state index in [0.29, 0.717) is 17.9 Å². The third kappa shape index (κ3) is 2.91. The van der Waals surface area contributed by atoms with E-state index in [2.05, 4.69) is 22.1 Å². The summed E-state index contributed by atoms with van der Waals surface area (Å²) in [5, 5.41) is 3.04. The highest BCUT2D eigenvalue weighted by Crippen LogP contribution is 2.33. The SMILES string of the molecule is Cc1ncsc1CN1CCC2(CC1)CNC(=O)c1ccccc1O2. The van der Waals surface area contributed by atoms with Crippen molar-refractivity contribution in [2.24, 2.45) is 0 Å². The number of ether oxygens (including phenoxy) is 1. The molecule has 0 atom stereocenters. The fourth-order valence-corrected chi connectivity index (χ4v) is 4.25. The van der Waals surface area contributed by atoms with Crippen LogP contribution in [0.1, 0.15) is 33.8 Å². The molecule has 6 heteroatoms. The van der Waals surface area contributed by atoms with Gasteiger partial charge in [0.2, 0.25) is 0 Å². The average Bonchev–Trinajstić information content (AvgIpc) is 2.94. The summed E-state index contributed by atoms with van der Waals surface area (Å²) < 4.78 is 6.34. The molecule has 2 aliphatic rings. The fourth-order valence-electron chi connectivity index (χ4n) is 3.43. The lowest BCUT2D eigenvalue weighted by Crippen LogP contribution is -2.52. The quantitative estimate of drug-likeness (QED) is 0.911. The van der Waals surface area contributed by atoms with Crippen LogP contribution in [-0.4, -0.2) is 41.0 Å². The van der Waals surface area contributed by atoms with Crippen LogP contribution in [0.25, 0.3) is 0 Å². The van der Waals surface area contributed by atoms with E-state index in [-0.39, 0.29) is 11.5 Å². The molecule has 5 nitrogen and oxygen atoms in total. The second-order valence-corrected chi connectivity index (χ2v) is 7.54. The van der Waals surface area contributed by atoms with Crippen LogP contribution in [0.5, 0.6) is 5.75 Å². The normalized spacial score (nSPS) is 20.1. The fraction of sp³-hybridized carbons (Fsp3) is 0.444. The summed E-state index contributed by atoms with van der Waals surface area (Å²) in [6, 6.07) is 7.52. The molecule has 2 aliphatic heterocycles. The van der Waals surface area contributed by atoms with E-state index in [0.717, 1.165) is 38.2 Å². The van der Waals surface area contributed by atoms with E-state index < -0.39 is 0 Å². The number of aryl methyl sites for hydroxylation is 1. The Balaban J connectivity index is 1.47. The zero-order valence-electron chi connectivity index (χ0n) is 13.7. The van der Waals surface area contributed by atoms with Gasteiger partial charge in [0.05, 0.1) is 23.3 Å². The van der Waals surface area contributed by atoms with Crippen LogP contribution in [0.2, 0.25) is 0 Å². The van der Waals surface area contributed by atoms with Gasteiger partial charge in [-0.3, -0.25) is 9.69 Å². The first-order valence-electron chi connectivity index (χ1n) is 8.33. The van der Waals surface area contributed by atoms with Gasteiger partial charge >= 0.3 is 0 Å². The van der Waals surface area contributed by atoms with Crippen LogP contribution < -0.4 is 10.1 Å². The molecular weight excluding hydrogens is 322 g/mol. The number of nitrogens with zero attached hydrogens (tertiary/aromatic N) is 2. The van der Waals surface area contributed by atoms with Crippen molar-refractivity contribution in [1.82, 2.24) is 15.2 Å². The van der Waals surface area contributed by atoms with E-state index in [1.165, 1.54) is 4.88 Å². The molecule has 1 N–H and O–H groups in total. The Kier molecular flexibility index (Phi) is 4.02. The number of fused-ring (bicyclic) bond motifs is 1. The molecule has 126 valence electrons. The molecule has 0 unspecified atom stereocenters. The number of hydrogen-bond donors (Lipinski definition) is 1. The highest BCUT2D eigenvalue weighted by molar-refractivity contribution is 7.09. The summed E-state index contributed by atoms with van der Waals surface area (Å²) in [5.74, 6) is 0.671. The van der Waals surface area contributed by atoms with Gasteiger partial charge in [0, 0.05) is 37.4 Å². The number of para-hydroxylation sites is 1. The number of hydrogen-bond acceptors (Lipinski definition) is 5. The Morgan fingerprint density at radius 2 is 2.12 bits per heavy atom. The van der Waals surface area contributed by atoms with Gasteiger partial charge < -0.3 is 10.1 Å². The Morgan fingerprint density at radius 3 is 2.88 bits per heavy atom. The zero-order chi connectivity index (χ0) is 16.6. The molecule has 1 aromatic carbocycles. The van der Waals surface area contributed by atoms with Crippen LogP contribution in [0, 0.1) is 6.92 Å². The van der Waals surface area contributed by atoms with Crippen molar-refractivity contribution < 1.29 is 9.53 Å². The van der Waals surface area contributed by atoms with Crippen molar-refractivity contribution in [3.8, 4) is 5.75 Å². The van der Waals surface area contributed by atoms with Gasteiger partial charge in [-0.05, 0) is 19.1 Å². The Hall–Kier alpha value is -1.92. The second kappa shape index (κ2) is 6.18. The van der Waals surface area contributed by atoms with Crippen molar-refractivity contribution in [2.75, 3.05) is 19.6 Å². The van der Waals surface area contributed by atoms with E-state index in [1.54, 1.807) is 11.3 Å². The summed E-state index contributed by atoms with van der Waals surface area (Å²) in [6.07, 6.45) is 1.83. The molecule has 0 saturated carbocycles. The lowest BCUT2D eigenvalue weighted by Gasteiger charge is -2.41. The highest BCUT2D eigenvalue weighted by atomic mass is 32.1. The minimum absolute atomic E-state index is 0.0369. The zero-order valence-corrected chi connectivity index (χ0v) is 14.6. The predicted octanol–water partition coefficient (Wildman–Crippen LogP) is 2.61. The van der Waals surface area contributed by atoms with Crippen LogP contribution in [0.4, 0.5) is 0 Å². The van der Waals surface area contributed by atoms with Gasteiger partial charge in [-0.15, -0.1) is 11.3 Å². The second-order valence-electron chi connectivity index (χ2n) is 6.60. The molecule has 24 heavy (non-hydrogen) atoms. The standard InChI is InChI=1S/C18H21N3O2S/c1-13-16(24-12-20-13)10-21-8-6-18(7-9-21)11-19-17(22)14-4-2-3-5-15(14)23-18/h2-5,12H,6-11H2,1H3,(H,19,22). The summed E-state index contributed by atoms with van der Waals surface area (Å²) in [7, 11) is 0. The van der Waals surface area contributed by atoms with E-state index >= 15 is 0 Å². The number of piperidine rings is 1. The van der Waals surface area contributed by atoms with Gasteiger partial charge in [0.15, 0.2) is 0 Å². The van der Waals surface area contributed by atoms with Crippen molar-refractivity contribution in [3.05, 3.63) is 45.9 Å². The minimum atomic E-state index is -0.290. The van der Waals surface area contributed by atoms with Crippen molar-refractivity contribution >= 4 is 17.2 Å². The number of aromatic nitrogens is 1. The van der Waals surface area contributed by atoms with Gasteiger partial charge in [0.1, 0.15) is 11.4 Å². The maximum Gasteiger partial charge on any atom is 0.255 e. The van der Waals surface area contributed by atoms with Gasteiger partial charge in [-0.2, -0.15) is 0 Å². The molecule has 2 aromatic rings. The topological polar surface area (TPSA) is 54.5 Å². The lowest BCUT2D eigenvalue weighted by molar-refractivity contribution is 0.00415. The lowest BCUT2D eigenvalue weighted by atomic mass is 9.91. The Morgan fingerprint density at radius 1 is 1.33 bits per heavy atom. The van der Waals surface area contributed by atoms with Gasteiger partial charge in [-0.1, -0.05) is 12.1 Å². The smallest absolute Gasteiger partial charge is 0.255 e. The van der Waals surface area contributed by atoms with Crippen LogP contribution in [0.15, 0.2) is 29.8 Å². The number of thiazole rings is 1. The molecule has 0 bridgehead atoms. The van der Waals surface area contributed by atoms with Gasteiger partial charge in [-0.25, -0.2) is 4.98 Å². The van der Waals surface area contributed by atoms with E-state index in [9.17, 15) is 4.79 Å². The molecule has 3 heterocycles. The number of nitrogens with one attached hydrogen (secondary N) is 1. The molecule has 1 spiro atoms. The predicted molar refractivity (Wildman–Crippen MR) is 93.5 cm³/mol. The van der Waals surface area contributed by atoms with Crippen LogP contribution >= 0.6 is 11.3 Å². The number of carbonyl (C=O) groups is 1. The van der Waals surface area contributed by atoms with Crippen molar-refractivity contribution in [1.29, 1.82) is 0 Å². The maximum atomic E-state index is 12.2. The number of rotatable bonds is 2. The van der Waals surface area contributed by atoms with Crippen LogP contribution in [-0.2, 0) is 6.54 Å². The Bertz CT molecular complexity index is 750. The third-order valence-electron chi connectivity index (χ3n) is 5.01. The molecule has 1 amide bonds. The van der Waals surface area contributed by atoms with E-state index in [1.807, 2.05) is 29.8 Å². The number of likely N-dealkylation sites (tertiary alicyclic amines) is 1. The van der Waals surface area contributed by atoms with Crippen molar-refractivity contribution in [3.63, 3.8) is 0 Å². The Labute approximate surface area is 145 Å². The number of carbonyl (C=O) groups excluding carboxylic acids is 1. The molecule has 0 radical (unpaired) electrons. The summed E-state index contributed by atoms with van der Waals surface area (Å²) in [4.78, 5) is 20.4. The average molecular weight is 343 g/mol. The summed E-state index contributed by atoms with van der Waals surface area (Å²) in [5.41, 5.74) is 3.39. The van der Waals surface area contributed by atoms with Crippen LogP contribution in [0.3, 0.4) is 0 Å². The summed E-state index contributed by atoms with van der Waals surface area (Å²) in [6.45, 7) is 5.53. The van der Waals surface area contributed by atoms with Gasteiger partial charge in [0.25, 0.3) is 5.91 Å². The van der Waals surface area contributed by atoms with Crippen molar-refractivity contribution in [2.45, 2.75) is 31.9 Å². The first-order valence-corrected chi connectivity index (χ1v) is 9.21. The minimum Gasteiger partial charge on any atom is -0.485 e. The molecule has 0 aliphatic carbocycles. The first kappa shape index (κ1) is 15.6. The third-order valence-corrected chi connectivity index (χ3v) is 5.93. The molecule has 1 fully saturated rings.